The van der Waals surface area contributed by atoms with E-state index in [4.69, 9.17) is 21.1 Å². The van der Waals surface area contributed by atoms with Crippen molar-refractivity contribution in [2.75, 3.05) is 11.9 Å². The molecule has 2 atom stereocenters. The second-order valence-electron chi connectivity index (χ2n) is 5.36. The summed E-state index contributed by atoms with van der Waals surface area (Å²) in [5, 5.41) is 3.92. The van der Waals surface area contributed by atoms with E-state index in [9.17, 15) is 4.79 Å². The molecule has 2 aromatic rings. The summed E-state index contributed by atoms with van der Waals surface area (Å²) in [5.41, 5.74) is 3.19. The van der Waals surface area contributed by atoms with Crippen molar-refractivity contribution in [3.05, 3.63) is 64.7 Å². The molecule has 120 valence electrons. The molecule has 3 rings (SSSR count). The predicted molar refractivity (Wildman–Crippen MR) is 89.9 cm³/mol. The molecule has 1 heterocycles. The second-order valence-corrected chi connectivity index (χ2v) is 5.80. The Balaban J connectivity index is 1.91. The van der Waals surface area contributed by atoms with Crippen LogP contribution < -0.4 is 5.32 Å². The quantitative estimate of drug-likeness (QED) is 0.822. The highest BCUT2D eigenvalue weighted by molar-refractivity contribution is 6.30. The fraction of sp³-hybridized carbons (Fsp3) is 0.278. The highest BCUT2D eigenvalue weighted by Crippen LogP contribution is 2.40. The van der Waals surface area contributed by atoms with Gasteiger partial charge in [0.1, 0.15) is 0 Å². The van der Waals surface area contributed by atoms with E-state index in [1.54, 1.807) is 6.92 Å². The van der Waals surface area contributed by atoms with Crippen LogP contribution in [-0.2, 0) is 9.47 Å². The van der Waals surface area contributed by atoms with Crippen molar-refractivity contribution >= 4 is 23.4 Å². The maximum absolute atomic E-state index is 11.6. The van der Waals surface area contributed by atoms with E-state index < -0.39 is 12.4 Å². The molecule has 4 nitrogen and oxygen atoms in total. The molecule has 0 radical (unpaired) electrons. The van der Waals surface area contributed by atoms with Crippen LogP contribution in [0.25, 0.3) is 0 Å². The smallest absolute Gasteiger partial charge is 0.435 e. The first-order valence-electron chi connectivity index (χ1n) is 7.61. The number of ether oxygens (including phenoxy) is 2. The second kappa shape index (κ2) is 6.92. The number of rotatable bonds is 3. The molecule has 1 aliphatic rings. The Labute approximate surface area is 140 Å². The van der Waals surface area contributed by atoms with Gasteiger partial charge < -0.3 is 14.8 Å². The third kappa shape index (κ3) is 3.59. The molecule has 0 spiro atoms. The Morgan fingerprint density at radius 1 is 1.26 bits per heavy atom. The van der Waals surface area contributed by atoms with Crippen LogP contribution >= 0.6 is 11.6 Å². The molecule has 1 aliphatic heterocycles. The number of carbonyl (C=O) groups is 1. The molecular weight excluding hydrogens is 314 g/mol. The van der Waals surface area contributed by atoms with Crippen LogP contribution in [0, 0.1) is 0 Å². The molecule has 0 saturated heterocycles. The van der Waals surface area contributed by atoms with Crippen LogP contribution in [0.2, 0.25) is 5.02 Å². The van der Waals surface area contributed by atoms with E-state index in [1.165, 1.54) is 0 Å². The lowest BCUT2D eigenvalue weighted by Gasteiger charge is -2.33. The average molecular weight is 332 g/mol. The highest BCUT2D eigenvalue weighted by atomic mass is 35.5. The van der Waals surface area contributed by atoms with Crippen molar-refractivity contribution in [3.63, 3.8) is 0 Å². The van der Waals surface area contributed by atoms with Crippen LogP contribution in [0.4, 0.5) is 10.5 Å². The molecule has 0 bridgehead atoms. The van der Waals surface area contributed by atoms with Gasteiger partial charge in [-0.1, -0.05) is 41.9 Å². The Hall–Kier alpha value is -2.20. The van der Waals surface area contributed by atoms with Crippen LogP contribution in [0.1, 0.15) is 30.4 Å². The summed E-state index contributed by atoms with van der Waals surface area (Å²) in [5.74, 6) is 0.102. The monoisotopic (exact) mass is 331 g/mol. The average Bonchev–Trinajstić information content (AvgIpc) is 2.55. The van der Waals surface area contributed by atoms with E-state index in [0.29, 0.717) is 18.1 Å². The molecule has 5 heteroatoms. The van der Waals surface area contributed by atoms with Crippen molar-refractivity contribution < 1.29 is 14.3 Å². The zero-order chi connectivity index (χ0) is 16.2. The van der Waals surface area contributed by atoms with E-state index in [2.05, 4.69) is 17.4 Å². The standard InChI is InChI=1S/C18H18ClNO3/c1-2-22-18(21)23-17-11-14(12-6-4-3-5-7-12)15-10-13(19)8-9-16(15)20-17/h3-10,14,17,20H,2,11H2,1H3. The molecule has 0 fully saturated rings. The van der Waals surface area contributed by atoms with E-state index in [-0.39, 0.29) is 5.92 Å². The number of halogens is 1. The lowest BCUT2D eigenvalue weighted by atomic mass is 9.84. The number of hydrogen-bond donors (Lipinski definition) is 1. The lowest BCUT2D eigenvalue weighted by Crippen LogP contribution is -2.33. The van der Waals surface area contributed by atoms with Crippen LogP contribution in [0.5, 0.6) is 0 Å². The summed E-state index contributed by atoms with van der Waals surface area (Å²) in [6, 6.07) is 15.8. The van der Waals surface area contributed by atoms with Gasteiger partial charge >= 0.3 is 6.16 Å². The van der Waals surface area contributed by atoms with Gasteiger partial charge in [0.05, 0.1) is 6.61 Å². The molecule has 2 unspecified atom stereocenters. The van der Waals surface area contributed by atoms with Crippen molar-refractivity contribution in [3.8, 4) is 0 Å². The number of anilines is 1. The third-order valence-electron chi connectivity index (χ3n) is 3.86. The third-order valence-corrected chi connectivity index (χ3v) is 4.09. The molecule has 0 aliphatic carbocycles. The molecule has 2 aromatic carbocycles. The Morgan fingerprint density at radius 3 is 2.78 bits per heavy atom. The van der Waals surface area contributed by atoms with E-state index in [1.807, 2.05) is 36.4 Å². The summed E-state index contributed by atoms with van der Waals surface area (Å²) < 4.78 is 10.2. The minimum atomic E-state index is -0.658. The van der Waals surface area contributed by atoms with Gasteiger partial charge in [0.15, 0.2) is 6.23 Å². The largest absolute Gasteiger partial charge is 0.510 e. The first kappa shape index (κ1) is 15.7. The Kier molecular flexibility index (Phi) is 4.72. The first-order valence-corrected chi connectivity index (χ1v) is 7.99. The van der Waals surface area contributed by atoms with Gasteiger partial charge in [0.25, 0.3) is 0 Å². The van der Waals surface area contributed by atoms with E-state index >= 15 is 0 Å². The summed E-state index contributed by atoms with van der Waals surface area (Å²) in [6.07, 6.45) is -0.474. The van der Waals surface area contributed by atoms with Gasteiger partial charge in [-0.15, -0.1) is 0 Å². The zero-order valence-electron chi connectivity index (χ0n) is 12.8. The van der Waals surface area contributed by atoms with Crippen molar-refractivity contribution in [2.24, 2.45) is 0 Å². The van der Waals surface area contributed by atoms with Crippen molar-refractivity contribution in [1.29, 1.82) is 0 Å². The molecule has 1 N–H and O–H groups in total. The normalized spacial score (nSPS) is 19.4. The number of fused-ring (bicyclic) bond motifs is 1. The highest BCUT2D eigenvalue weighted by Gasteiger charge is 2.30. The van der Waals surface area contributed by atoms with Gasteiger partial charge in [-0.25, -0.2) is 4.79 Å². The topological polar surface area (TPSA) is 47.6 Å². The maximum atomic E-state index is 11.6. The number of carbonyl (C=O) groups excluding carboxylic acids is 1. The van der Waals surface area contributed by atoms with Crippen LogP contribution in [0.3, 0.4) is 0 Å². The van der Waals surface area contributed by atoms with Gasteiger partial charge in [-0.05, 0) is 36.2 Å². The predicted octanol–water partition coefficient (Wildman–Crippen LogP) is 4.79. The molecular formula is C18H18ClNO3. The molecule has 0 saturated carbocycles. The summed E-state index contributed by atoms with van der Waals surface area (Å²) in [6.45, 7) is 2.04. The fourth-order valence-corrected chi connectivity index (χ4v) is 3.05. The fourth-order valence-electron chi connectivity index (χ4n) is 2.87. The summed E-state index contributed by atoms with van der Waals surface area (Å²) in [4.78, 5) is 11.6. The zero-order valence-corrected chi connectivity index (χ0v) is 13.5. The van der Waals surface area contributed by atoms with E-state index in [0.717, 1.165) is 16.8 Å². The van der Waals surface area contributed by atoms with Crippen molar-refractivity contribution in [1.82, 2.24) is 0 Å². The maximum Gasteiger partial charge on any atom is 0.510 e. The van der Waals surface area contributed by atoms with Gasteiger partial charge in [0.2, 0.25) is 0 Å². The van der Waals surface area contributed by atoms with Crippen LogP contribution in [0.15, 0.2) is 48.5 Å². The minimum Gasteiger partial charge on any atom is -0.435 e. The number of hydrogen-bond acceptors (Lipinski definition) is 4. The summed E-state index contributed by atoms with van der Waals surface area (Å²) in [7, 11) is 0. The number of nitrogens with one attached hydrogen (secondary N) is 1. The lowest BCUT2D eigenvalue weighted by molar-refractivity contribution is 0.0301. The first-order chi connectivity index (χ1) is 11.2. The Morgan fingerprint density at radius 2 is 2.04 bits per heavy atom. The number of benzene rings is 2. The molecule has 0 amide bonds. The minimum absolute atomic E-state index is 0.102. The van der Waals surface area contributed by atoms with Crippen molar-refractivity contribution in [2.45, 2.75) is 25.5 Å². The van der Waals surface area contributed by atoms with Gasteiger partial charge in [-0.3, -0.25) is 0 Å². The summed E-state index contributed by atoms with van der Waals surface area (Å²) >= 11 is 6.16. The molecule has 23 heavy (non-hydrogen) atoms. The Bertz CT molecular complexity index is 690. The molecule has 0 aromatic heterocycles. The van der Waals surface area contributed by atoms with Crippen LogP contribution in [-0.4, -0.2) is 19.0 Å². The van der Waals surface area contributed by atoms with Gasteiger partial charge in [-0.2, -0.15) is 0 Å². The SMILES string of the molecule is CCOC(=O)OC1CC(c2ccccc2)c2cc(Cl)ccc2N1. The van der Waals surface area contributed by atoms with Gasteiger partial charge in [0, 0.05) is 23.0 Å².